The van der Waals surface area contributed by atoms with Gasteiger partial charge in [-0.1, -0.05) is 194 Å². The number of ether oxygens (including phenoxy) is 3. The van der Waals surface area contributed by atoms with Crippen molar-refractivity contribution in [2.24, 2.45) is 0 Å². The van der Waals surface area contributed by atoms with Gasteiger partial charge in [0.25, 0.3) is 5.91 Å². The fourth-order valence-electron chi connectivity index (χ4n) is 6.76. The molecule has 1 aromatic rings. The van der Waals surface area contributed by atoms with E-state index in [2.05, 4.69) is 26.1 Å². The van der Waals surface area contributed by atoms with Gasteiger partial charge in [0.05, 0.1) is 26.2 Å². The molecule has 0 saturated carbocycles. The molecule has 0 aliphatic rings. The summed E-state index contributed by atoms with van der Waals surface area (Å²) in [5, 5.41) is 11.8. The second-order valence-corrected chi connectivity index (χ2v) is 15.3. The van der Waals surface area contributed by atoms with Gasteiger partial charge in [-0.05, 0) is 31.4 Å². The van der Waals surface area contributed by atoms with Crippen molar-refractivity contribution in [3.8, 4) is 17.2 Å². The fraction of sp³-hybridized carbons (Fsp3) is 0.826. The van der Waals surface area contributed by atoms with Crippen molar-refractivity contribution in [3.63, 3.8) is 0 Å². The molecule has 0 unspecified atom stereocenters. The Morgan fingerprint density at radius 2 is 0.774 bits per heavy atom. The van der Waals surface area contributed by atoms with Crippen LogP contribution in [0, 0.1) is 0 Å². The summed E-state index contributed by atoms with van der Waals surface area (Å²) in [5.41, 5.74) is 0.401. The predicted octanol–water partition coefficient (Wildman–Crippen LogP) is 13.8. The van der Waals surface area contributed by atoms with Crippen LogP contribution < -0.4 is 19.5 Å². The van der Waals surface area contributed by atoms with Gasteiger partial charge < -0.3 is 24.6 Å². The van der Waals surface area contributed by atoms with E-state index in [4.69, 9.17) is 19.3 Å². The van der Waals surface area contributed by atoms with E-state index in [-0.39, 0.29) is 18.9 Å². The van der Waals surface area contributed by atoms with Crippen LogP contribution in [-0.4, -0.2) is 43.3 Å². The molecular weight excluding hydrogens is 663 g/mol. The number of unbranched alkanes of at least 4 members (excludes halogenated alkanes) is 27. The first kappa shape index (κ1) is 48.6. The van der Waals surface area contributed by atoms with E-state index in [1.807, 2.05) is 0 Å². The highest BCUT2D eigenvalue weighted by atomic mass is 16.5. The van der Waals surface area contributed by atoms with E-state index in [1.165, 1.54) is 154 Å². The van der Waals surface area contributed by atoms with Gasteiger partial charge in [0.15, 0.2) is 11.5 Å². The number of carboxylic acids is 1. The maximum absolute atomic E-state index is 13.2. The van der Waals surface area contributed by atoms with Gasteiger partial charge in [0, 0.05) is 12.1 Å². The van der Waals surface area contributed by atoms with Crippen LogP contribution in [0.3, 0.4) is 0 Å². The molecule has 7 heteroatoms. The van der Waals surface area contributed by atoms with Crippen LogP contribution in [0.2, 0.25) is 0 Å². The number of hydrogen-bond acceptors (Lipinski definition) is 5. The quantitative estimate of drug-likeness (QED) is 0.0650. The molecule has 308 valence electrons. The Hall–Kier alpha value is -2.44. The minimum atomic E-state index is -0.943. The highest BCUT2D eigenvalue weighted by Crippen LogP contribution is 2.40. The smallest absolute Gasteiger partial charge is 0.305 e. The van der Waals surface area contributed by atoms with E-state index in [9.17, 15) is 9.59 Å². The minimum absolute atomic E-state index is 0.0642. The average molecular weight is 746 g/mol. The molecule has 0 bridgehead atoms. The molecule has 53 heavy (non-hydrogen) atoms. The molecular formula is C46H83NO6. The number of carbonyl (C=O) groups is 2. The number of hydrogen-bond donors (Lipinski definition) is 2. The van der Waals surface area contributed by atoms with E-state index in [0.717, 1.165) is 38.5 Å². The Bertz CT molecular complexity index is 951. The Kier molecular flexibility index (Phi) is 33.5. The number of nitrogens with one attached hydrogen (secondary N) is 1. The first-order valence-electron chi connectivity index (χ1n) is 22.6. The zero-order valence-electron chi connectivity index (χ0n) is 34.9. The Balaban J connectivity index is 2.84. The maximum atomic E-state index is 13.2. The molecule has 0 spiro atoms. The molecule has 1 aromatic carbocycles. The second-order valence-electron chi connectivity index (χ2n) is 15.3. The SMILES string of the molecule is CCCCCCCCCCCCOc1cc(C(=O)NCCC(=O)O)cc(OCCCCCCCCCCCC)c1OCCCCCCCCCCCC. The van der Waals surface area contributed by atoms with Crippen LogP contribution in [0.1, 0.15) is 230 Å². The van der Waals surface area contributed by atoms with Gasteiger partial charge in [-0.25, -0.2) is 0 Å². The maximum Gasteiger partial charge on any atom is 0.305 e. The average Bonchev–Trinajstić information content (AvgIpc) is 3.15. The lowest BCUT2D eigenvalue weighted by molar-refractivity contribution is -0.136. The van der Waals surface area contributed by atoms with Crippen molar-refractivity contribution in [1.82, 2.24) is 5.32 Å². The lowest BCUT2D eigenvalue weighted by Gasteiger charge is -2.19. The third kappa shape index (κ3) is 28.6. The topological polar surface area (TPSA) is 94.1 Å². The molecule has 0 aliphatic heterocycles. The number of aliphatic carboxylic acids is 1. The van der Waals surface area contributed by atoms with Gasteiger partial charge in [-0.15, -0.1) is 0 Å². The molecule has 0 aromatic heterocycles. The number of carbonyl (C=O) groups excluding carboxylic acids is 1. The largest absolute Gasteiger partial charge is 0.490 e. The fourth-order valence-corrected chi connectivity index (χ4v) is 6.76. The van der Waals surface area contributed by atoms with Crippen molar-refractivity contribution < 1.29 is 28.9 Å². The highest BCUT2D eigenvalue weighted by molar-refractivity contribution is 5.95. The third-order valence-electron chi connectivity index (χ3n) is 10.2. The molecule has 0 atom stereocenters. The van der Waals surface area contributed by atoms with E-state index in [1.54, 1.807) is 12.1 Å². The summed E-state index contributed by atoms with van der Waals surface area (Å²) in [6.07, 6.45) is 37.5. The molecule has 7 nitrogen and oxygen atoms in total. The summed E-state index contributed by atoms with van der Waals surface area (Å²) in [7, 11) is 0. The van der Waals surface area contributed by atoms with Crippen LogP contribution in [0.5, 0.6) is 17.2 Å². The Labute approximate surface area is 326 Å². The monoisotopic (exact) mass is 746 g/mol. The predicted molar refractivity (Wildman–Crippen MR) is 223 cm³/mol. The lowest BCUT2D eigenvalue weighted by atomic mass is 10.1. The van der Waals surface area contributed by atoms with E-state index >= 15 is 0 Å². The molecule has 0 saturated heterocycles. The first-order valence-corrected chi connectivity index (χ1v) is 22.6. The van der Waals surface area contributed by atoms with Gasteiger partial charge in [0.2, 0.25) is 5.75 Å². The molecule has 2 N–H and O–H groups in total. The molecule has 0 aliphatic carbocycles. The van der Waals surface area contributed by atoms with Crippen molar-refractivity contribution in [1.29, 1.82) is 0 Å². The summed E-state index contributed by atoms with van der Waals surface area (Å²) >= 11 is 0. The van der Waals surface area contributed by atoms with Crippen LogP contribution in [0.4, 0.5) is 0 Å². The zero-order valence-corrected chi connectivity index (χ0v) is 34.9. The van der Waals surface area contributed by atoms with Crippen LogP contribution in [0.25, 0.3) is 0 Å². The molecule has 1 amide bonds. The minimum Gasteiger partial charge on any atom is -0.490 e. The molecule has 1 rings (SSSR count). The van der Waals surface area contributed by atoms with Crippen molar-refractivity contribution in [3.05, 3.63) is 17.7 Å². The molecule has 0 heterocycles. The number of amides is 1. The van der Waals surface area contributed by atoms with Crippen LogP contribution in [-0.2, 0) is 4.79 Å². The zero-order chi connectivity index (χ0) is 38.5. The summed E-state index contributed by atoms with van der Waals surface area (Å²) in [6, 6.07) is 3.49. The van der Waals surface area contributed by atoms with Crippen LogP contribution in [0.15, 0.2) is 12.1 Å². The van der Waals surface area contributed by atoms with Crippen LogP contribution >= 0.6 is 0 Å². The number of rotatable bonds is 40. The summed E-state index contributed by atoms with van der Waals surface area (Å²) < 4.78 is 19.2. The highest BCUT2D eigenvalue weighted by Gasteiger charge is 2.19. The normalized spacial score (nSPS) is 11.2. The Morgan fingerprint density at radius 1 is 0.472 bits per heavy atom. The number of carboxylic acid groups (broad SMARTS) is 1. The van der Waals surface area contributed by atoms with Crippen molar-refractivity contribution in [2.75, 3.05) is 26.4 Å². The standard InChI is InChI=1S/C46H83NO6/c1-4-7-10-13-16-19-22-25-28-31-36-51-42-39-41(46(50)47-35-34-44(48)49)40-43(52-37-32-29-26-23-20-17-14-11-8-5-2)45(42)53-38-33-30-27-24-21-18-15-12-9-6-3/h39-40H,4-38H2,1-3H3,(H,47,50)(H,48,49). The van der Waals surface area contributed by atoms with E-state index < -0.39 is 5.97 Å². The summed E-state index contributed by atoms with van der Waals surface area (Å²) in [6.45, 7) is 8.52. The van der Waals surface area contributed by atoms with Gasteiger partial charge in [0.1, 0.15) is 0 Å². The van der Waals surface area contributed by atoms with Gasteiger partial charge in [-0.3, -0.25) is 9.59 Å². The number of benzene rings is 1. The summed E-state index contributed by atoms with van der Waals surface area (Å²) in [4.78, 5) is 24.2. The second kappa shape index (κ2) is 36.5. The molecule has 0 radical (unpaired) electrons. The first-order chi connectivity index (χ1) is 26.0. The van der Waals surface area contributed by atoms with E-state index in [0.29, 0.717) is 42.6 Å². The van der Waals surface area contributed by atoms with Gasteiger partial charge in [-0.2, -0.15) is 0 Å². The van der Waals surface area contributed by atoms with Crippen molar-refractivity contribution in [2.45, 2.75) is 220 Å². The molecule has 0 fully saturated rings. The Morgan fingerprint density at radius 3 is 1.09 bits per heavy atom. The van der Waals surface area contributed by atoms with Gasteiger partial charge >= 0.3 is 5.97 Å². The summed E-state index contributed by atoms with van der Waals surface area (Å²) in [5.74, 6) is 0.387. The van der Waals surface area contributed by atoms with Crippen molar-refractivity contribution >= 4 is 11.9 Å². The lowest BCUT2D eigenvalue weighted by Crippen LogP contribution is -2.26. The third-order valence-corrected chi connectivity index (χ3v) is 10.2.